The molecule has 0 saturated carbocycles. The van der Waals surface area contributed by atoms with Crippen molar-refractivity contribution in [3.63, 3.8) is 0 Å². The first-order valence-corrected chi connectivity index (χ1v) is 4.17. The Bertz CT molecular complexity index is 398. The molecule has 0 atom stereocenters. The highest BCUT2D eigenvalue weighted by Crippen LogP contribution is 2.35. The van der Waals surface area contributed by atoms with Crippen LogP contribution in [-0.4, -0.2) is 17.3 Å². The molecule has 2 N–H and O–H groups in total. The number of halogens is 3. The maximum absolute atomic E-state index is 12.6. The van der Waals surface area contributed by atoms with Crippen molar-refractivity contribution >= 4 is 22.5 Å². The first kappa shape index (κ1) is 11.6. The van der Waals surface area contributed by atoms with E-state index in [-0.39, 0.29) is 5.75 Å². The molecule has 0 spiro atoms. The maximum atomic E-state index is 12.6. The van der Waals surface area contributed by atoms with E-state index in [4.69, 9.17) is 17.3 Å². The maximum Gasteiger partial charge on any atom is 0.272 e. The molecule has 1 heterocycles. The van der Waals surface area contributed by atoms with Gasteiger partial charge in [-0.05, 0) is 11.6 Å². The summed E-state index contributed by atoms with van der Waals surface area (Å²) in [4.78, 5) is 14.3. The van der Waals surface area contributed by atoms with Gasteiger partial charge < -0.3 is 10.5 Å². The van der Waals surface area contributed by atoms with Crippen molar-refractivity contribution in [3.8, 4) is 5.75 Å². The number of anilines is 1. The van der Waals surface area contributed by atoms with Crippen LogP contribution in [0.3, 0.4) is 0 Å². The minimum atomic E-state index is -2.86. The first-order valence-electron chi connectivity index (χ1n) is 3.79. The Balaban J connectivity index is 3.42. The van der Waals surface area contributed by atoms with Crippen molar-refractivity contribution in [1.82, 2.24) is 4.98 Å². The summed E-state index contributed by atoms with van der Waals surface area (Å²) in [5, 5.41) is -0.989. The molecule has 0 radical (unpaired) electrons. The number of nitrogens with zero attached hydrogens (tertiary/aromatic N) is 1. The zero-order valence-corrected chi connectivity index (χ0v) is 8.39. The van der Waals surface area contributed by atoms with E-state index in [9.17, 15) is 13.6 Å². The number of nitrogen functional groups attached to an aromatic ring is 1. The number of nitrogens with two attached hydrogens (primary N) is 1. The molecule has 0 aliphatic heterocycles. The summed E-state index contributed by atoms with van der Waals surface area (Å²) in [6.45, 7) is 0. The Hall–Kier alpha value is -1.43. The third-order valence-corrected chi connectivity index (χ3v) is 1.92. The average molecular weight is 237 g/mol. The van der Waals surface area contributed by atoms with Gasteiger partial charge in [0, 0.05) is 0 Å². The molecule has 1 aromatic heterocycles. The molecule has 1 aromatic rings. The third kappa shape index (κ3) is 2.15. The fourth-order valence-corrected chi connectivity index (χ4v) is 1.22. The van der Waals surface area contributed by atoms with Crippen molar-refractivity contribution in [2.45, 2.75) is 6.43 Å². The quantitative estimate of drug-likeness (QED) is 0.815. The Morgan fingerprint density at radius 1 is 1.67 bits per heavy atom. The van der Waals surface area contributed by atoms with Crippen LogP contribution in [0.4, 0.5) is 14.5 Å². The van der Waals surface area contributed by atoms with Crippen molar-refractivity contribution < 1.29 is 18.3 Å². The second-order valence-corrected chi connectivity index (χ2v) is 2.92. The number of hydrogen-bond acceptors (Lipinski definition) is 4. The number of rotatable bonds is 3. The zero-order chi connectivity index (χ0) is 11.6. The van der Waals surface area contributed by atoms with Gasteiger partial charge in [0.25, 0.3) is 11.7 Å². The van der Waals surface area contributed by atoms with Gasteiger partial charge in [0.1, 0.15) is 11.4 Å². The Kier molecular flexibility index (Phi) is 3.41. The lowest BCUT2D eigenvalue weighted by Crippen LogP contribution is -2.07. The third-order valence-electron chi connectivity index (χ3n) is 1.75. The normalized spacial score (nSPS) is 10.5. The van der Waals surface area contributed by atoms with Crippen LogP contribution in [0, 0.1) is 0 Å². The van der Waals surface area contributed by atoms with Crippen LogP contribution < -0.4 is 10.5 Å². The van der Waals surface area contributed by atoms with Crippen molar-refractivity contribution in [2.75, 3.05) is 12.8 Å². The fourth-order valence-electron chi connectivity index (χ4n) is 1.07. The summed E-state index contributed by atoms with van der Waals surface area (Å²) in [6.07, 6.45) is -1.88. The number of carbonyl (C=O) groups excluding carboxylic acids is 1. The molecule has 0 bridgehead atoms. The molecule has 82 valence electrons. The van der Waals surface area contributed by atoms with Gasteiger partial charge in [-0.3, -0.25) is 4.79 Å². The standard InChI is InChI=1S/C8H7ClF2N2O2/c1-15-3-2-13-6(7(9)14)5(12)4(3)8(10)11/h2,8H,12H2,1H3. The zero-order valence-electron chi connectivity index (χ0n) is 7.63. The second-order valence-electron chi connectivity index (χ2n) is 2.58. The summed E-state index contributed by atoms with van der Waals surface area (Å²) < 4.78 is 29.8. The second kappa shape index (κ2) is 4.39. The van der Waals surface area contributed by atoms with Crippen LogP contribution in [0.1, 0.15) is 22.5 Å². The van der Waals surface area contributed by atoms with Gasteiger partial charge >= 0.3 is 0 Å². The smallest absolute Gasteiger partial charge is 0.272 e. The minimum Gasteiger partial charge on any atom is -0.495 e. The number of aromatic nitrogens is 1. The molecule has 0 fully saturated rings. The molecule has 0 aliphatic carbocycles. The summed E-state index contributed by atoms with van der Waals surface area (Å²) in [5.74, 6) is -0.177. The lowest BCUT2D eigenvalue weighted by Gasteiger charge is -2.11. The predicted molar refractivity (Wildman–Crippen MR) is 50.3 cm³/mol. The Morgan fingerprint density at radius 2 is 2.27 bits per heavy atom. The Labute approximate surface area is 89.0 Å². The molecule has 7 heteroatoms. The molecule has 0 amide bonds. The SMILES string of the molecule is COc1cnc(C(=O)Cl)c(N)c1C(F)F. The molecule has 15 heavy (non-hydrogen) atoms. The van der Waals surface area contributed by atoms with E-state index in [2.05, 4.69) is 9.72 Å². The van der Waals surface area contributed by atoms with E-state index in [1.165, 1.54) is 7.11 Å². The highest BCUT2D eigenvalue weighted by atomic mass is 35.5. The highest BCUT2D eigenvalue weighted by Gasteiger charge is 2.23. The fraction of sp³-hybridized carbons (Fsp3) is 0.250. The lowest BCUT2D eigenvalue weighted by atomic mass is 10.1. The van der Waals surface area contributed by atoms with Gasteiger partial charge in [-0.1, -0.05) is 0 Å². The number of pyridine rings is 1. The van der Waals surface area contributed by atoms with Gasteiger partial charge in [-0.2, -0.15) is 0 Å². The molecule has 0 saturated heterocycles. The van der Waals surface area contributed by atoms with E-state index in [1.807, 2.05) is 0 Å². The number of carbonyl (C=O) groups is 1. The van der Waals surface area contributed by atoms with E-state index in [1.54, 1.807) is 0 Å². The first-order chi connectivity index (χ1) is 6.99. The lowest BCUT2D eigenvalue weighted by molar-refractivity contribution is 0.107. The van der Waals surface area contributed by atoms with Gasteiger partial charge in [0.15, 0.2) is 0 Å². The molecular weight excluding hydrogens is 230 g/mol. The topological polar surface area (TPSA) is 65.2 Å². The van der Waals surface area contributed by atoms with Crippen LogP contribution in [0.2, 0.25) is 0 Å². The summed E-state index contributed by atoms with van der Waals surface area (Å²) in [6, 6.07) is 0. The molecule has 0 unspecified atom stereocenters. The molecular formula is C8H7ClF2N2O2. The summed E-state index contributed by atoms with van der Waals surface area (Å²) in [5.41, 5.74) is 3.91. The number of ether oxygens (including phenoxy) is 1. The minimum absolute atomic E-state index is 0.177. The van der Waals surface area contributed by atoms with E-state index < -0.39 is 28.6 Å². The highest BCUT2D eigenvalue weighted by molar-refractivity contribution is 6.68. The largest absolute Gasteiger partial charge is 0.495 e. The Morgan fingerprint density at radius 3 is 2.67 bits per heavy atom. The van der Waals surface area contributed by atoms with Gasteiger partial charge in [-0.25, -0.2) is 13.8 Å². The monoisotopic (exact) mass is 236 g/mol. The van der Waals surface area contributed by atoms with E-state index in [0.717, 1.165) is 6.20 Å². The van der Waals surface area contributed by atoms with E-state index >= 15 is 0 Å². The van der Waals surface area contributed by atoms with Gasteiger partial charge in [0.05, 0.1) is 24.6 Å². The van der Waals surface area contributed by atoms with Crippen LogP contribution in [0.15, 0.2) is 6.20 Å². The van der Waals surface area contributed by atoms with Crippen LogP contribution in [-0.2, 0) is 0 Å². The molecule has 0 aromatic carbocycles. The van der Waals surface area contributed by atoms with Crippen molar-refractivity contribution in [2.24, 2.45) is 0 Å². The van der Waals surface area contributed by atoms with Crippen molar-refractivity contribution in [3.05, 3.63) is 17.5 Å². The van der Waals surface area contributed by atoms with Crippen LogP contribution in [0.25, 0.3) is 0 Å². The number of hydrogen-bond donors (Lipinski definition) is 1. The van der Waals surface area contributed by atoms with Gasteiger partial charge in [-0.15, -0.1) is 0 Å². The van der Waals surface area contributed by atoms with Crippen LogP contribution in [0.5, 0.6) is 5.75 Å². The summed E-state index contributed by atoms with van der Waals surface area (Å²) in [7, 11) is 1.20. The average Bonchev–Trinajstić information content (AvgIpc) is 2.15. The number of alkyl halides is 2. The molecule has 0 aliphatic rings. The van der Waals surface area contributed by atoms with Crippen LogP contribution >= 0.6 is 11.6 Å². The summed E-state index contributed by atoms with van der Waals surface area (Å²) >= 11 is 5.11. The van der Waals surface area contributed by atoms with Gasteiger partial charge in [0.2, 0.25) is 0 Å². The molecule has 4 nitrogen and oxygen atoms in total. The predicted octanol–water partition coefficient (Wildman–Crippen LogP) is 1.99. The molecule has 1 rings (SSSR count). The van der Waals surface area contributed by atoms with E-state index in [0.29, 0.717) is 0 Å². The number of methoxy groups -OCH3 is 1. The van der Waals surface area contributed by atoms with Crippen molar-refractivity contribution in [1.29, 1.82) is 0 Å².